The smallest absolute Gasteiger partial charge is 0.301 e. The zero-order valence-corrected chi connectivity index (χ0v) is 36.0. The number of hydrogen-bond acceptors (Lipinski definition) is 11. The number of imide groups is 2. The minimum atomic E-state index is -4.16. The number of nitrogens with one attached hydrogen (secondary N) is 4. The highest BCUT2D eigenvalue weighted by Crippen LogP contribution is 2.38. The molecular weight excluding hydrogens is 865 g/mol. The molecule has 2 aromatic heterocycles. The molecule has 1 atom stereocenters. The summed E-state index contributed by atoms with van der Waals surface area (Å²) >= 11 is 0. The molecule has 65 heavy (non-hydrogen) atoms. The Labute approximate surface area is 371 Å². The fourth-order valence-electron chi connectivity index (χ4n) is 8.81. The van der Waals surface area contributed by atoms with Crippen molar-refractivity contribution in [1.82, 2.24) is 29.4 Å². The molecule has 9 rings (SSSR count). The van der Waals surface area contributed by atoms with Crippen LogP contribution in [0.25, 0.3) is 22.2 Å². The number of carbonyl (C=O) groups excluding carboxylic acids is 6. The second-order valence-corrected chi connectivity index (χ2v) is 18.3. The first-order valence-electron chi connectivity index (χ1n) is 21.1. The van der Waals surface area contributed by atoms with Crippen molar-refractivity contribution in [3.8, 4) is 11.1 Å². The number of piperidine rings is 1. The average molecular weight is 908 g/mol. The SMILES string of the molecule is CCN(C)S(=O)(=O)Nc1ccc(F)c(C(=O)c2c[nH]c3ncc(-c4ccc(N5CCN(C(=O)C6CC(Nc7cccc8c7C(=O)N(C7CCC(=O)NC7=O)C8=O)C6)CC5)cc4)cc23)c1F. The van der Waals surface area contributed by atoms with Crippen molar-refractivity contribution in [3.05, 3.63) is 107 Å². The quantitative estimate of drug-likeness (QED) is 0.102. The van der Waals surface area contributed by atoms with Gasteiger partial charge in [-0.1, -0.05) is 25.1 Å². The summed E-state index contributed by atoms with van der Waals surface area (Å²) in [6, 6.07) is 14.9. The molecule has 4 aliphatic rings. The van der Waals surface area contributed by atoms with Crippen molar-refractivity contribution >= 4 is 73.6 Å². The molecule has 2 saturated heterocycles. The number of pyridine rings is 1. The van der Waals surface area contributed by atoms with Gasteiger partial charge in [-0.3, -0.25) is 43.7 Å². The highest BCUT2D eigenvalue weighted by molar-refractivity contribution is 7.90. The Kier molecular flexibility index (Phi) is 11.2. The molecule has 1 aliphatic carbocycles. The van der Waals surface area contributed by atoms with Gasteiger partial charge in [-0.05, 0) is 67.3 Å². The number of benzene rings is 3. The number of rotatable bonds is 12. The fraction of sp³-hybridized carbons (Fsp3) is 0.311. The Morgan fingerprint density at radius 2 is 1.66 bits per heavy atom. The minimum absolute atomic E-state index is 0.0288. The number of H-pyrrole nitrogens is 1. The van der Waals surface area contributed by atoms with Crippen LogP contribution in [0.1, 0.15) is 69.2 Å². The number of ketones is 1. The van der Waals surface area contributed by atoms with Gasteiger partial charge in [0.1, 0.15) is 17.5 Å². The maximum atomic E-state index is 15.6. The lowest BCUT2D eigenvalue weighted by Crippen LogP contribution is -2.54. The Hall–Kier alpha value is -7.06. The van der Waals surface area contributed by atoms with E-state index in [1.54, 1.807) is 37.4 Å². The van der Waals surface area contributed by atoms with Crippen LogP contribution in [-0.2, 0) is 24.6 Å². The summed E-state index contributed by atoms with van der Waals surface area (Å²) in [5.74, 6) is -5.94. The molecule has 20 heteroatoms. The lowest BCUT2D eigenvalue weighted by atomic mass is 9.79. The van der Waals surface area contributed by atoms with Gasteiger partial charge in [0.15, 0.2) is 5.82 Å². The summed E-state index contributed by atoms with van der Waals surface area (Å²) in [5, 5.41) is 5.86. The number of piperazine rings is 1. The van der Waals surface area contributed by atoms with E-state index in [9.17, 15) is 37.2 Å². The molecule has 17 nitrogen and oxygen atoms in total. The molecule has 3 aromatic carbocycles. The second-order valence-electron chi connectivity index (χ2n) is 16.5. The van der Waals surface area contributed by atoms with Crippen LogP contribution in [0.15, 0.2) is 73.1 Å². The van der Waals surface area contributed by atoms with Crippen LogP contribution in [0.5, 0.6) is 0 Å². The van der Waals surface area contributed by atoms with Crippen molar-refractivity contribution in [2.45, 2.75) is 44.7 Å². The largest absolute Gasteiger partial charge is 0.382 e. The molecule has 0 spiro atoms. The van der Waals surface area contributed by atoms with E-state index in [2.05, 4.69) is 30.2 Å². The average Bonchev–Trinajstić information content (AvgIpc) is 3.82. The summed E-state index contributed by atoms with van der Waals surface area (Å²) in [5.41, 5.74) is 1.94. The number of hydrogen-bond donors (Lipinski definition) is 4. The zero-order chi connectivity index (χ0) is 45.9. The number of anilines is 3. The number of fused-ring (bicyclic) bond motifs is 2. The van der Waals surface area contributed by atoms with E-state index in [-0.39, 0.29) is 53.9 Å². The van der Waals surface area contributed by atoms with Crippen LogP contribution in [0.3, 0.4) is 0 Å². The topological polar surface area (TPSA) is 214 Å². The molecule has 5 aromatic rings. The van der Waals surface area contributed by atoms with Crippen LogP contribution in [0.4, 0.5) is 25.8 Å². The van der Waals surface area contributed by atoms with Gasteiger partial charge in [-0.2, -0.15) is 12.7 Å². The van der Waals surface area contributed by atoms with E-state index in [1.165, 1.54) is 13.2 Å². The zero-order valence-electron chi connectivity index (χ0n) is 35.2. The Bertz CT molecular complexity index is 2930. The van der Waals surface area contributed by atoms with Crippen molar-refractivity contribution in [2.24, 2.45) is 5.92 Å². The highest BCUT2D eigenvalue weighted by atomic mass is 32.2. The Morgan fingerprint density at radius 3 is 2.37 bits per heavy atom. The first-order chi connectivity index (χ1) is 31.1. The van der Waals surface area contributed by atoms with Crippen molar-refractivity contribution in [2.75, 3.05) is 54.7 Å². The number of nitrogens with zero attached hydrogens (tertiary/aromatic N) is 5. The predicted octanol–water partition coefficient (Wildman–Crippen LogP) is 4.29. The van der Waals surface area contributed by atoms with Crippen LogP contribution in [0.2, 0.25) is 0 Å². The van der Waals surface area contributed by atoms with E-state index >= 15 is 8.78 Å². The summed E-state index contributed by atoms with van der Waals surface area (Å²) in [6.45, 7) is 3.92. The van der Waals surface area contributed by atoms with Gasteiger partial charge >= 0.3 is 10.2 Å². The Morgan fingerprint density at radius 1 is 0.923 bits per heavy atom. The molecule has 3 aliphatic heterocycles. The standard InChI is InChI=1S/C45H43F2N9O8S/c1-3-53(2)65(63,64)52-34-12-11-32(46)38(39(34)47)40(58)31-23-49-41-30(31)21-26(22-48-41)24-7-9-28(10-8-24)54-15-17-55(18-16-54)43(60)25-19-27(20-25)50-33-6-4-5-29-37(33)45(62)56(44(29)61)35-13-14-36(57)51-42(35)59/h4-12,21-23,25,27,35,50,52H,3,13-20H2,1-2H3,(H,48,49)(H,51,57,59). The van der Waals surface area contributed by atoms with Gasteiger partial charge in [0.05, 0.1) is 22.4 Å². The summed E-state index contributed by atoms with van der Waals surface area (Å²) in [6.07, 6.45) is 4.10. The third kappa shape index (κ3) is 7.85. The fourth-order valence-corrected chi connectivity index (χ4v) is 9.74. The third-order valence-corrected chi connectivity index (χ3v) is 14.2. The summed E-state index contributed by atoms with van der Waals surface area (Å²) in [7, 11) is -2.87. The van der Waals surface area contributed by atoms with Crippen molar-refractivity contribution in [1.29, 1.82) is 0 Å². The normalized spacial score (nSPS) is 20.0. The first-order valence-corrected chi connectivity index (χ1v) is 22.6. The lowest BCUT2D eigenvalue weighted by Gasteiger charge is -2.42. The predicted molar refractivity (Wildman–Crippen MR) is 234 cm³/mol. The van der Waals surface area contributed by atoms with Gasteiger partial charge in [0.25, 0.3) is 11.8 Å². The minimum Gasteiger partial charge on any atom is -0.382 e. The van der Waals surface area contributed by atoms with Crippen LogP contribution in [0, 0.1) is 17.6 Å². The number of halogens is 2. The van der Waals surface area contributed by atoms with Crippen molar-refractivity contribution < 1.29 is 46.0 Å². The van der Waals surface area contributed by atoms with E-state index in [0.29, 0.717) is 61.3 Å². The third-order valence-electron chi connectivity index (χ3n) is 12.7. The molecule has 1 unspecified atom stereocenters. The van der Waals surface area contributed by atoms with Crippen LogP contribution < -0.4 is 20.3 Å². The van der Waals surface area contributed by atoms with Crippen LogP contribution in [-0.4, -0.2) is 120 Å². The molecule has 336 valence electrons. The van der Waals surface area contributed by atoms with Gasteiger partial charge in [-0.15, -0.1) is 0 Å². The Balaban J connectivity index is 0.804. The second kappa shape index (κ2) is 16.8. The monoisotopic (exact) mass is 907 g/mol. The van der Waals surface area contributed by atoms with Gasteiger partial charge in [-0.25, -0.2) is 13.8 Å². The number of aromatic amines is 1. The summed E-state index contributed by atoms with van der Waals surface area (Å²) in [4.78, 5) is 90.4. The molecule has 4 N–H and O–H groups in total. The molecule has 1 saturated carbocycles. The maximum absolute atomic E-state index is 15.6. The van der Waals surface area contributed by atoms with E-state index in [0.717, 1.165) is 32.6 Å². The maximum Gasteiger partial charge on any atom is 0.301 e. The molecular formula is C45H43F2N9O8S. The molecule has 3 fully saturated rings. The van der Waals surface area contributed by atoms with E-state index in [4.69, 9.17) is 0 Å². The van der Waals surface area contributed by atoms with E-state index in [1.807, 2.05) is 29.2 Å². The van der Waals surface area contributed by atoms with Gasteiger partial charge < -0.3 is 20.1 Å². The molecule has 0 radical (unpaired) electrons. The van der Waals surface area contributed by atoms with Crippen LogP contribution >= 0.6 is 0 Å². The van der Waals surface area contributed by atoms with Gasteiger partial charge in [0, 0.05) is 98.4 Å². The first kappa shape index (κ1) is 43.2. The number of carbonyl (C=O) groups is 6. The molecule has 0 bridgehead atoms. The van der Waals surface area contributed by atoms with E-state index < -0.39 is 68.5 Å². The summed E-state index contributed by atoms with van der Waals surface area (Å²) < 4.78 is 58.8. The molecule has 5 amide bonds. The lowest BCUT2D eigenvalue weighted by molar-refractivity contribution is -0.139. The van der Waals surface area contributed by atoms with Crippen molar-refractivity contribution in [3.63, 3.8) is 0 Å². The molecule has 5 heterocycles. The highest BCUT2D eigenvalue weighted by Gasteiger charge is 2.46. The number of aromatic nitrogens is 2. The van der Waals surface area contributed by atoms with Gasteiger partial charge in [0.2, 0.25) is 23.5 Å². The number of amides is 5.